The van der Waals surface area contributed by atoms with Crippen LogP contribution in [0.25, 0.3) is 0 Å². The fourth-order valence-corrected chi connectivity index (χ4v) is 5.82. The van der Waals surface area contributed by atoms with Crippen molar-refractivity contribution < 1.29 is 31.5 Å². The Kier molecular flexibility index (Phi) is 5.66. The van der Waals surface area contributed by atoms with Gasteiger partial charge in [0, 0.05) is 18.3 Å². The topological polar surface area (TPSA) is 149 Å². The number of anilines is 1. The Bertz CT molecular complexity index is 1230. The molecule has 1 amide bonds. The number of fused-ring (bicyclic) bond motifs is 1. The second-order valence-electron chi connectivity index (χ2n) is 7.42. The number of benzene rings is 1. The highest BCUT2D eigenvalue weighted by atomic mass is 32.2. The molecule has 3 unspecified atom stereocenters. The molecule has 3 atom stereocenters. The van der Waals surface area contributed by atoms with E-state index in [4.69, 9.17) is 15.2 Å². The zero-order valence-electron chi connectivity index (χ0n) is 17.5. The van der Waals surface area contributed by atoms with Crippen LogP contribution in [-0.2, 0) is 20.3 Å². The van der Waals surface area contributed by atoms with E-state index in [0.717, 1.165) is 10.4 Å². The Labute approximate surface area is 187 Å². The van der Waals surface area contributed by atoms with Crippen molar-refractivity contribution in [1.82, 2.24) is 14.3 Å². The van der Waals surface area contributed by atoms with Gasteiger partial charge in [-0.15, -0.1) is 0 Å². The van der Waals surface area contributed by atoms with Crippen LogP contribution in [0.4, 0.5) is 14.5 Å². The minimum atomic E-state index is -4.23. The van der Waals surface area contributed by atoms with Crippen LogP contribution in [0.1, 0.15) is 16.1 Å². The minimum Gasteiger partial charge on any atom is -0.480 e. The third kappa shape index (κ3) is 3.64. The van der Waals surface area contributed by atoms with E-state index < -0.39 is 57.9 Å². The first kappa shape index (κ1) is 22.8. The summed E-state index contributed by atoms with van der Waals surface area (Å²) in [5.41, 5.74) is 3.86. The van der Waals surface area contributed by atoms with Gasteiger partial charge in [-0.3, -0.25) is 4.79 Å². The summed E-state index contributed by atoms with van der Waals surface area (Å²) < 4.78 is 65.8. The molecule has 2 aliphatic heterocycles. The smallest absolute Gasteiger partial charge is 0.275 e. The average molecular weight is 482 g/mol. The SMILES string of the molecule is COc1cnc(C(=O)Nc2ccc(F)c(C34COC(CF)C3S(=O)(=O)N(C)C(N)=N4)c2)cn1. The Balaban J connectivity index is 1.75. The number of halogens is 2. The van der Waals surface area contributed by atoms with Gasteiger partial charge in [0.2, 0.25) is 21.9 Å². The van der Waals surface area contributed by atoms with Crippen LogP contribution in [0, 0.1) is 5.82 Å². The number of sulfonamides is 1. The second-order valence-corrected chi connectivity index (χ2v) is 9.51. The first-order chi connectivity index (χ1) is 15.6. The number of methoxy groups -OCH3 is 1. The first-order valence-corrected chi connectivity index (χ1v) is 11.1. The molecule has 1 aromatic heterocycles. The monoisotopic (exact) mass is 482 g/mol. The zero-order valence-corrected chi connectivity index (χ0v) is 18.3. The number of guanidine groups is 1. The summed E-state index contributed by atoms with van der Waals surface area (Å²) in [7, 11) is -1.66. The van der Waals surface area contributed by atoms with Crippen molar-refractivity contribution in [2.45, 2.75) is 16.9 Å². The molecule has 3 heterocycles. The fraction of sp³-hybridized carbons (Fsp3) is 0.368. The number of ether oxygens (including phenoxy) is 2. The van der Waals surface area contributed by atoms with E-state index in [0.29, 0.717) is 0 Å². The number of rotatable bonds is 5. The maximum absolute atomic E-state index is 15.0. The van der Waals surface area contributed by atoms with Crippen molar-refractivity contribution in [3.8, 4) is 5.88 Å². The highest BCUT2D eigenvalue weighted by molar-refractivity contribution is 7.90. The molecule has 1 fully saturated rings. The lowest BCUT2D eigenvalue weighted by Gasteiger charge is -2.39. The van der Waals surface area contributed by atoms with Crippen molar-refractivity contribution in [3.63, 3.8) is 0 Å². The van der Waals surface area contributed by atoms with Crippen molar-refractivity contribution >= 4 is 27.6 Å². The summed E-state index contributed by atoms with van der Waals surface area (Å²) in [5, 5.41) is 0.986. The largest absolute Gasteiger partial charge is 0.480 e. The molecule has 3 N–H and O–H groups in total. The molecule has 11 nitrogen and oxygen atoms in total. The second kappa shape index (κ2) is 8.19. The predicted molar refractivity (Wildman–Crippen MR) is 112 cm³/mol. The Morgan fingerprint density at radius 1 is 1.39 bits per heavy atom. The van der Waals surface area contributed by atoms with Crippen LogP contribution in [0.3, 0.4) is 0 Å². The number of nitrogens with zero attached hydrogens (tertiary/aromatic N) is 4. The summed E-state index contributed by atoms with van der Waals surface area (Å²) >= 11 is 0. The maximum atomic E-state index is 15.0. The molecule has 0 aliphatic carbocycles. The number of carbonyl (C=O) groups is 1. The number of aliphatic imine (C=N–C) groups is 1. The molecular formula is C19H20F2N6O5S. The number of nitrogens with two attached hydrogens (primary N) is 1. The van der Waals surface area contributed by atoms with E-state index in [1.54, 1.807) is 0 Å². The van der Waals surface area contributed by atoms with Crippen molar-refractivity contribution in [3.05, 3.63) is 47.7 Å². The van der Waals surface area contributed by atoms with Crippen molar-refractivity contribution in [2.75, 3.05) is 32.8 Å². The molecule has 1 aromatic carbocycles. The van der Waals surface area contributed by atoms with Gasteiger partial charge in [0.05, 0.1) is 26.1 Å². The van der Waals surface area contributed by atoms with E-state index in [1.807, 2.05) is 0 Å². The normalized spacial score (nSPS) is 25.8. The molecule has 2 aliphatic rings. The summed E-state index contributed by atoms with van der Waals surface area (Å²) in [6.45, 7) is -1.54. The van der Waals surface area contributed by atoms with Gasteiger partial charge in [-0.05, 0) is 18.2 Å². The predicted octanol–water partition coefficient (Wildman–Crippen LogP) is 0.399. The van der Waals surface area contributed by atoms with E-state index in [1.165, 1.54) is 38.7 Å². The van der Waals surface area contributed by atoms with E-state index in [9.17, 15) is 17.6 Å². The molecule has 0 bridgehead atoms. The van der Waals surface area contributed by atoms with Gasteiger partial charge >= 0.3 is 0 Å². The standard InChI is InChI=1S/C19H20F2N6O5S/c1-27-18(22)26-19(9-32-14(6-20)16(19)33(27,29)30)11-5-10(3-4-12(11)21)25-17(28)13-7-24-15(31-2)8-23-13/h3-5,7-8,14,16H,6,9H2,1-2H3,(H2,22,26)(H,25,28). The van der Waals surface area contributed by atoms with Crippen LogP contribution in [0.2, 0.25) is 0 Å². The van der Waals surface area contributed by atoms with Gasteiger partial charge in [0.25, 0.3) is 5.91 Å². The zero-order chi connectivity index (χ0) is 24.0. The lowest BCUT2D eigenvalue weighted by atomic mass is 9.86. The van der Waals surface area contributed by atoms with E-state index in [2.05, 4.69) is 20.3 Å². The Hall–Kier alpha value is -3.39. The summed E-state index contributed by atoms with van der Waals surface area (Å²) in [6.07, 6.45) is 1.07. The molecule has 33 heavy (non-hydrogen) atoms. The Morgan fingerprint density at radius 2 is 2.15 bits per heavy atom. The number of amides is 1. The summed E-state index contributed by atoms with van der Waals surface area (Å²) in [4.78, 5) is 24.6. The molecular weight excluding hydrogens is 462 g/mol. The number of hydrogen-bond donors (Lipinski definition) is 2. The van der Waals surface area contributed by atoms with E-state index >= 15 is 4.39 Å². The molecule has 0 radical (unpaired) electrons. The van der Waals surface area contributed by atoms with Gasteiger partial charge in [-0.2, -0.15) is 0 Å². The number of aromatic nitrogens is 2. The summed E-state index contributed by atoms with van der Waals surface area (Å²) in [6, 6.07) is 3.53. The number of carbonyl (C=O) groups excluding carboxylic acids is 1. The van der Waals surface area contributed by atoms with Gasteiger partial charge in [-0.1, -0.05) is 0 Å². The quantitative estimate of drug-likeness (QED) is 0.622. The lowest BCUT2D eigenvalue weighted by Crippen LogP contribution is -2.59. The third-order valence-corrected chi connectivity index (χ3v) is 7.86. The Morgan fingerprint density at radius 3 is 2.79 bits per heavy atom. The first-order valence-electron chi connectivity index (χ1n) is 9.62. The van der Waals surface area contributed by atoms with Crippen LogP contribution < -0.4 is 15.8 Å². The number of alkyl halides is 1. The molecule has 14 heteroatoms. The molecule has 0 saturated carbocycles. The molecule has 0 spiro atoms. The van der Waals surface area contributed by atoms with Crippen LogP contribution in [-0.4, -0.2) is 73.4 Å². The lowest BCUT2D eigenvalue weighted by molar-refractivity contribution is 0.0847. The fourth-order valence-electron chi connectivity index (χ4n) is 3.91. The van der Waals surface area contributed by atoms with Gasteiger partial charge < -0.3 is 20.5 Å². The van der Waals surface area contributed by atoms with Gasteiger partial charge in [-0.25, -0.2) is 36.5 Å². The van der Waals surface area contributed by atoms with Gasteiger partial charge in [0.1, 0.15) is 35.1 Å². The van der Waals surface area contributed by atoms with Crippen molar-refractivity contribution in [2.24, 2.45) is 10.7 Å². The van der Waals surface area contributed by atoms with Gasteiger partial charge in [0.15, 0.2) is 0 Å². The van der Waals surface area contributed by atoms with Crippen molar-refractivity contribution in [1.29, 1.82) is 0 Å². The molecule has 2 aromatic rings. The van der Waals surface area contributed by atoms with Crippen LogP contribution in [0.5, 0.6) is 5.88 Å². The van der Waals surface area contributed by atoms with Crippen LogP contribution in [0.15, 0.2) is 35.6 Å². The molecule has 176 valence electrons. The maximum Gasteiger partial charge on any atom is 0.275 e. The number of nitrogens with one attached hydrogen (secondary N) is 1. The minimum absolute atomic E-state index is 0.0384. The molecule has 1 saturated heterocycles. The average Bonchev–Trinajstić information content (AvgIpc) is 3.19. The van der Waals surface area contributed by atoms with E-state index in [-0.39, 0.29) is 22.8 Å². The number of hydrogen-bond acceptors (Lipinski definition) is 9. The highest BCUT2D eigenvalue weighted by Gasteiger charge is 2.62. The molecule has 4 rings (SSSR count). The summed E-state index contributed by atoms with van der Waals surface area (Å²) in [5.74, 6) is -1.65. The van der Waals surface area contributed by atoms with Crippen LogP contribution >= 0.6 is 0 Å². The highest BCUT2D eigenvalue weighted by Crippen LogP contribution is 2.46. The third-order valence-electron chi connectivity index (χ3n) is 5.58.